The van der Waals surface area contributed by atoms with Gasteiger partial charge < -0.3 is 0 Å². The van der Waals surface area contributed by atoms with E-state index >= 15 is 0 Å². The molecule has 0 saturated carbocycles. The molecule has 0 unspecified atom stereocenters. The van der Waals surface area contributed by atoms with E-state index < -0.39 is 0 Å². The van der Waals surface area contributed by atoms with Gasteiger partial charge in [0.25, 0.3) is 0 Å². The van der Waals surface area contributed by atoms with Crippen molar-refractivity contribution in [2.75, 3.05) is 0 Å². The highest BCUT2D eigenvalue weighted by molar-refractivity contribution is 6.15. The summed E-state index contributed by atoms with van der Waals surface area (Å²) in [4.78, 5) is 24.2. The number of hydrogen-bond donors (Lipinski definition) is 0. The van der Waals surface area contributed by atoms with Crippen LogP contribution in [0.3, 0.4) is 0 Å². The van der Waals surface area contributed by atoms with Crippen molar-refractivity contribution in [2.45, 2.75) is 0 Å². The van der Waals surface area contributed by atoms with Crippen LogP contribution in [-0.2, 0) is 0 Å². The summed E-state index contributed by atoms with van der Waals surface area (Å²) in [6.45, 7) is 0. The van der Waals surface area contributed by atoms with Gasteiger partial charge >= 0.3 is 0 Å². The van der Waals surface area contributed by atoms with Crippen molar-refractivity contribution >= 4 is 16.6 Å². The molecule has 2 heterocycles. The smallest absolute Gasteiger partial charge is 0.198 e. The van der Waals surface area contributed by atoms with E-state index in [1.54, 1.807) is 12.4 Å². The van der Waals surface area contributed by atoms with Gasteiger partial charge in [-0.1, -0.05) is 24.3 Å². The standard InChI is InChI=1S/C14H9N3O/c18-14(11-6-16-9-17-7-11)13-8-15-5-10-3-1-2-4-12(10)13/h1-9H. The first-order valence-corrected chi connectivity index (χ1v) is 5.49. The van der Waals surface area contributed by atoms with E-state index in [1.165, 1.54) is 18.7 Å². The predicted molar refractivity (Wildman–Crippen MR) is 67.2 cm³/mol. The number of hydrogen-bond acceptors (Lipinski definition) is 4. The van der Waals surface area contributed by atoms with Gasteiger partial charge in [-0.3, -0.25) is 9.78 Å². The molecule has 18 heavy (non-hydrogen) atoms. The number of fused-ring (bicyclic) bond motifs is 1. The summed E-state index contributed by atoms with van der Waals surface area (Å²) in [5, 5.41) is 1.83. The molecule has 0 N–H and O–H groups in total. The first-order valence-electron chi connectivity index (χ1n) is 5.49. The number of carbonyl (C=O) groups is 1. The molecule has 2 aromatic heterocycles. The van der Waals surface area contributed by atoms with Gasteiger partial charge in [-0.05, 0) is 5.39 Å². The van der Waals surface area contributed by atoms with Gasteiger partial charge in [0.1, 0.15) is 6.33 Å². The molecule has 0 aliphatic rings. The summed E-state index contributed by atoms with van der Waals surface area (Å²) in [5.41, 5.74) is 1.04. The van der Waals surface area contributed by atoms with E-state index in [4.69, 9.17) is 0 Å². The van der Waals surface area contributed by atoms with E-state index in [2.05, 4.69) is 15.0 Å². The lowest BCUT2D eigenvalue weighted by Crippen LogP contribution is -2.03. The minimum Gasteiger partial charge on any atom is -0.288 e. The fourth-order valence-electron chi connectivity index (χ4n) is 1.87. The minimum atomic E-state index is -0.111. The lowest BCUT2D eigenvalue weighted by molar-refractivity contribution is 0.103. The molecular formula is C14H9N3O. The third-order valence-corrected chi connectivity index (χ3v) is 2.74. The Balaban J connectivity index is 2.18. The summed E-state index contributed by atoms with van der Waals surface area (Å²) in [5.74, 6) is -0.111. The van der Waals surface area contributed by atoms with Crippen LogP contribution in [0, 0.1) is 0 Å². The summed E-state index contributed by atoms with van der Waals surface area (Å²) in [7, 11) is 0. The number of pyridine rings is 1. The molecule has 86 valence electrons. The summed E-state index contributed by atoms with van der Waals surface area (Å²) >= 11 is 0. The fraction of sp³-hybridized carbons (Fsp3) is 0. The number of rotatable bonds is 2. The Kier molecular flexibility index (Phi) is 2.53. The van der Waals surface area contributed by atoms with Crippen molar-refractivity contribution in [1.29, 1.82) is 0 Å². The third kappa shape index (κ3) is 1.73. The molecule has 0 fully saturated rings. The van der Waals surface area contributed by atoms with Gasteiger partial charge in [0.2, 0.25) is 0 Å². The molecular weight excluding hydrogens is 226 g/mol. The van der Waals surface area contributed by atoms with Crippen LogP contribution in [0.2, 0.25) is 0 Å². The van der Waals surface area contributed by atoms with Gasteiger partial charge in [-0.15, -0.1) is 0 Å². The average Bonchev–Trinajstić information content (AvgIpc) is 2.47. The summed E-state index contributed by atoms with van der Waals surface area (Å²) < 4.78 is 0. The number of aromatic nitrogens is 3. The molecule has 4 heteroatoms. The first-order chi connectivity index (χ1) is 8.86. The predicted octanol–water partition coefficient (Wildman–Crippen LogP) is 2.26. The monoisotopic (exact) mass is 235 g/mol. The second kappa shape index (κ2) is 4.33. The SMILES string of the molecule is O=C(c1cncnc1)c1cncc2ccccc12. The average molecular weight is 235 g/mol. The van der Waals surface area contributed by atoms with Crippen LogP contribution in [0.4, 0.5) is 0 Å². The van der Waals surface area contributed by atoms with Gasteiger partial charge in [-0.2, -0.15) is 0 Å². The zero-order valence-corrected chi connectivity index (χ0v) is 9.45. The molecule has 0 amide bonds. The van der Waals surface area contributed by atoms with Crippen molar-refractivity contribution in [3.63, 3.8) is 0 Å². The highest BCUT2D eigenvalue weighted by Gasteiger charge is 2.12. The zero-order valence-electron chi connectivity index (χ0n) is 9.45. The van der Waals surface area contributed by atoms with E-state index in [1.807, 2.05) is 24.3 Å². The van der Waals surface area contributed by atoms with Crippen LogP contribution >= 0.6 is 0 Å². The van der Waals surface area contributed by atoms with Crippen molar-refractivity contribution < 1.29 is 4.79 Å². The van der Waals surface area contributed by atoms with Crippen molar-refractivity contribution in [2.24, 2.45) is 0 Å². The van der Waals surface area contributed by atoms with Gasteiger partial charge in [0.05, 0.1) is 5.56 Å². The Hall–Kier alpha value is -2.62. The molecule has 3 aromatic rings. The van der Waals surface area contributed by atoms with Crippen molar-refractivity contribution in [1.82, 2.24) is 15.0 Å². The van der Waals surface area contributed by atoms with Gasteiger partial charge in [-0.25, -0.2) is 9.97 Å². The molecule has 0 atom stereocenters. The quantitative estimate of drug-likeness (QED) is 0.639. The topological polar surface area (TPSA) is 55.7 Å². The van der Waals surface area contributed by atoms with Crippen LogP contribution in [0.25, 0.3) is 10.8 Å². The van der Waals surface area contributed by atoms with Crippen molar-refractivity contribution in [3.05, 3.63) is 66.5 Å². The lowest BCUT2D eigenvalue weighted by atomic mass is 10.0. The number of ketones is 1. The Morgan fingerprint density at radius 2 is 1.67 bits per heavy atom. The second-order valence-corrected chi connectivity index (χ2v) is 3.86. The fourth-order valence-corrected chi connectivity index (χ4v) is 1.87. The molecule has 1 aromatic carbocycles. The Bertz CT molecular complexity index is 705. The van der Waals surface area contributed by atoms with Crippen molar-refractivity contribution in [3.8, 4) is 0 Å². The maximum atomic E-state index is 12.3. The Morgan fingerprint density at radius 1 is 0.889 bits per heavy atom. The van der Waals surface area contributed by atoms with Crippen LogP contribution in [-0.4, -0.2) is 20.7 Å². The second-order valence-electron chi connectivity index (χ2n) is 3.86. The highest BCUT2D eigenvalue weighted by Crippen LogP contribution is 2.19. The molecule has 3 rings (SSSR count). The van der Waals surface area contributed by atoms with Crippen LogP contribution in [0.15, 0.2) is 55.4 Å². The largest absolute Gasteiger partial charge is 0.288 e. The van der Waals surface area contributed by atoms with E-state index in [0.717, 1.165) is 10.8 Å². The van der Waals surface area contributed by atoms with Crippen LogP contribution in [0.5, 0.6) is 0 Å². The molecule has 0 aliphatic heterocycles. The van der Waals surface area contributed by atoms with Gasteiger partial charge in [0, 0.05) is 35.7 Å². The normalized spacial score (nSPS) is 10.4. The zero-order chi connectivity index (χ0) is 12.4. The molecule has 0 aliphatic carbocycles. The molecule has 0 spiro atoms. The lowest BCUT2D eigenvalue weighted by Gasteiger charge is -2.04. The van der Waals surface area contributed by atoms with Gasteiger partial charge in [0.15, 0.2) is 5.78 Å². The maximum absolute atomic E-state index is 12.3. The van der Waals surface area contributed by atoms with E-state index in [9.17, 15) is 4.79 Å². The summed E-state index contributed by atoms with van der Waals surface area (Å²) in [6.07, 6.45) is 7.75. The minimum absolute atomic E-state index is 0.111. The van der Waals surface area contributed by atoms with Crippen LogP contribution in [0.1, 0.15) is 15.9 Å². The molecule has 0 bridgehead atoms. The molecule has 0 radical (unpaired) electrons. The third-order valence-electron chi connectivity index (χ3n) is 2.74. The van der Waals surface area contributed by atoms with E-state index in [-0.39, 0.29) is 5.78 Å². The number of benzene rings is 1. The summed E-state index contributed by atoms with van der Waals surface area (Å²) in [6, 6.07) is 7.67. The highest BCUT2D eigenvalue weighted by atomic mass is 16.1. The molecule has 0 saturated heterocycles. The molecule has 4 nitrogen and oxygen atoms in total. The number of nitrogens with zero attached hydrogens (tertiary/aromatic N) is 3. The first kappa shape index (κ1) is 10.5. The van der Waals surface area contributed by atoms with E-state index in [0.29, 0.717) is 11.1 Å². The maximum Gasteiger partial charge on any atom is 0.198 e. The number of carbonyl (C=O) groups excluding carboxylic acids is 1. The van der Waals surface area contributed by atoms with Crippen LogP contribution < -0.4 is 0 Å². The Morgan fingerprint density at radius 3 is 2.50 bits per heavy atom. The Labute approximate surface area is 103 Å².